The number of benzene rings is 1. The van der Waals surface area contributed by atoms with Crippen LogP contribution in [0.1, 0.15) is 61.9 Å². The summed E-state index contributed by atoms with van der Waals surface area (Å²) >= 11 is 0. The summed E-state index contributed by atoms with van der Waals surface area (Å²) in [6.45, 7) is 8.67. The molecule has 2 amide bonds. The van der Waals surface area contributed by atoms with Crippen LogP contribution in [0.5, 0.6) is 0 Å². The van der Waals surface area contributed by atoms with Gasteiger partial charge in [-0.05, 0) is 63.6 Å². The molecule has 184 valence electrons. The number of hydrogen-bond acceptors (Lipinski definition) is 4. The van der Waals surface area contributed by atoms with Crippen LogP contribution in [-0.4, -0.2) is 73.1 Å². The zero-order chi connectivity index (χ0) is 22.8. The molecule has 2 fully saturated rings. The molecule has 1 aromatic rings. The van der Waals surface area contributed by atoms with Gasteiger partial charge in [-0.25, -0.2) is 9.79 Å². The van der Waals surface area contributed by atoms with Crippen LogP contribution in [0, 0.1) is 0 Å². The molecule has 0 atom stereocenters. The number of halogens is 1. The molecule has 2 aliphatic heterocycles. The Balaban J connectivity index is 0.00000385. The quantitative estimate of drug-likeness (QED) is 0.310. The molecule has 9 heteroatoms. The number of nitrogens with zero attached hydrogens (tertiary/aromatic N) is 3. The van der Waals surface area contributed by atoms with E-state index in [0.29, 0.717) is 26.2 Å². The third-order valence-electron chi connectivity index (χ3n) is 5.97. The summed E-state index contributed by atoms with van der Waals surface area (Å²) in [6, 6.07) is 8.06. The number of hydrogen-bond donors (Lipinski definition) is 2. The molecule has 33 heavy (non-hydrogen) atoms. The number of rotatable bonds is 6. The van der Waals surface area contributed by atoms with E-state index in [-0.39, 0.29) is 42.0 Å². The molecular formula is C24H38IN5O3. The largest absolute Gasteiger partial charge is 0.450 e. The molecule has 2 saturated heterocycles. The lowest BCUT2D eigenvalue weighted by molar-refractivity contribution is 0.0724. The fraction of sp³-hybridized carbons (Fsp3) is 0.625. The fourth-order valence-corrected chi connectivity index (χ4v) is 4.14. The minimum Gasteiger partial charge on any atom is -0.450 e. The van der Waals surface area contributed by atoms with Gasteiger partial charge in [-0.1, -0.05) is 12.1 Å². The minimum atomic E-state index is -0.228. The Labute approximate surface area is 214 Å². The molecule has 1 aromatic carbocycles. The number of carbonyl (C=O) groups is 2. The van der Waals surface area contributed by atoms with E-state index in [0.717, 1.165) is 62.4 Å². The number of guanidine groups is 1. The SMILES string of the molecule is CCNC(=NCc1ccc(C(=O)N2CCCCC2)cc1)NC1CCN(C(=O)OCC)CC1.I. The van der Waals surface area contributed by atoms with Crippen molar-refractivity contribution in [2.24, 2.45) is 4.99 Å². The number of carbonyl (C=O) groups excluding carboxylic acids is 2. The Bertz CT molecular complexity index is 773. The van der Waals surface area contributed by atoms with Gasteiger partial charge in [0.05, 0.1) is 13.2 Å². The molecule has 2 heterocycles. The second kappa shape index (κ2) is 14.3. The van der Waals surface area contributed by atoms with Gasteiger partial charge in [-0.2, -0.15) is 0 Å². The van der Waals surface area contributed by atoms with Gasteiger partial charge in [-0.15, -0.1) is 24.0 Å². The van der Waals surface area contributed by atoms with Gasteiger partial charge in [0.25, 0.3) is 5.91 Å². The predicted octanol–water partition coefficient (Wildman–Crippen LogP) is 3.61. The lowest BCUT2D eigenvalue weighted by Gasteiger charge is -2.32. The van der Waals surface area contributed by atoms with Crippen LogP contribution in [0.2, 0.25) is 0 Å². The Hall–Kier alpha value is -2.04. The van der Waals surface area contributed by atoms with Crippen molar-refractivity contribution in [3.63, 3.8) is 0 Å². The average Bonchev–Trinajstić information content (AvgIpc) is 2.84. The molecule has 0 saturated carbocycles. The summed E-state index contributed by atoms with van der Waals surface area (Å²) in [6.07, 6.45) is 4.90. The topological polar surface area (TPSA) is 86.3 Å². The van der Waals surface area contributed by atoms with Gasteiger partial charge in [0.15, 0.2) is 5.96 Å². The Kier molecular flexibility index (Phi) is 11.8. The van der Waals surface area contributed by atoms with Gasteiger partial charge in [0, 0.05) is 44.3 Å². The van der Waals surface area contributed by atoms with E-state index in [1.54, 1.807) is 4.90 Å². The first-order valence-corrected chi connectivity index (χ1v) is 12.0. The zero-order valence-electron chi connectivity index (χ0n) is 19.8. The Morgan fingerprint density at radius 2 is 1.67 bits per heavy atom. The summed E-state index contributed by atoms with van der Waals surface area (Å²) in [5, 5.41) is 6.79. The van der Waals surface area contributed by atoms with Crippen LogP contribution in [0.15, 0.2) is 29.3 Å². The van der Waals surface area contributed by atoms with E-state index in [1.165, 1.54) is 6.42 Å². The second-order valence-electron chi connectivity index (χ2n) is 8.35. The summed E-state index contributed by atoms with van der Waals surface area (Å²) in [5.41, 5.74) is 1.81. The standard InChI is InChI=1S/C24H37N5O3.HI/c1-3-25-23(27-21-12-16-29(17-13-21)24(31)32-4-2)26-18-19-8-10-20(11-9-19)22(30)28-14-6-5-7-15-28;/h8-11,21H,3-7,12-18H2,1-2H3,(H2,25,26,27);1H. The van der Waals surface area contributed by atoms with E-state index < -0.39 is 0 Å². The van der Waals surface area contributed by atoms with Crippen molar-refractivity contribution in [3.8, 4) is 0 Å². The maximum Gasteiger partial charge on any atom is 0.409 e. The third-order valence-corrected chi connectivity index (χ3v) is 5.97. The van der Waals surface area contributed by atoms with Crippen molar-refractivity contribution in [1.82, 2.24) is 20.4 Å². The summed E-state index contributed by atoms with van der Waals surface area (Å²) < 4.78 is 5.09. The smallest absolute Gasteiger partial charge is 0.409 e. The molecule has 0 aliphatic carbocycles. The summed E-state index contributed by atoms with van der Waals surface area (Å²) in [5.74, 6) is 0.902. The third kappa shape index (κ3) is 8.35. The lowest BCUT2D eigenvalue weighted by Crippen LogP contribution is -2.49. The van der Waals surface area contributed by atoms with Gasteiger partial charge >= 0.3 is 6.09 Å². The fourth-order valence-electron chi connectivity index (χ4n) is 4.14. The molecule has 0 bridgehead atoms. The molecule has 2 N–H and O–H groups in total. The van der Waals surface area contributed by atoms with E-state index in [4.69, 9.17) is 9.73 Å². The average molecular weight is 572 g/mol. The van der Waals surface area contributed by atoms with Crippen molar-refractivity contribution in [3.05, 3.63) is 35.4 Å². The van der Waals surface area contributed by atoms with Crippen molar-refractivity contribution < 1.29 is 14.3 Å². The number of ether oxygens (including phenoxy) is 1. The molecule has 2 aliphatic rings. The summed E-state index contributed by atoms with van der Waals surface area (Å²) in [4.78, 5) is 32.9. The minimum absolute atomic E-state index is 0. The van der Waals surface area contributed by atoms with Crippen LogP contribution in [0.4, 0.5) is 4.79 Å². The van der Waals surface area contributed by atoms with Crippen molar-refractivity contribution in [2.75, 3.05) is 39.3 Å². The number of piperidine rings is 2. The highest BCUT2D eigenvalue weighted by Gasteiger charge is 2.24. The number of nitrogens with one attached hydrogen (secondary N) is 2. The maximum absolute atomic E-state index is 12.6. The van der Waals surface area contributed by atoms with Crippen molar-refractivity contribution in [2.45, 2.75) is 58.5 Å². The number of amides is 2. The van der Waals surface area contributed by atoms with Crippen LogP contribution in [-0.2, 0) is 11.3 Å². The maximum atomic E-state index is 12.6. The Morgan fingerprint density at radius 1 is 1.00 bits per heavy atom. The van der Waals surface area contributed by atoms with Gasteiger partial charge in [0.1, 0.15) is 0 Å². The second-order valence-corrected chi connectivity index (χ2v) is 8.35. The summed E-state index contributed by atoms with van der Waals surface area (Å²) in [7, 11) is 0. The van der Waals surface area contributed by atoms with Crippen molar-refractivity contribution in [1.29, 1.82) is 0 Å². The van der Waals surface area contributed by atoms with Crippen molar-refractivity contribution >= 4 is 41.9 Å². The van der Waals surface area contributed by atoms with Gasteiger partial charge < -0.3 is 25.2 Å². The van der Waals surface area contributed by atoms with E-state index in [9.17, 15) is 9.59 Å². The van der Waals surface area contributed by atoms with Crippen LogP contribution in [0.3, 0.4) is 0 Å². The molecule has 8 nitrogen and oxygen atoms in total. The van der Waals surface area contributed by atoms with E-state index >= 15 is 0 Å². The molecule has 0 unspecified atom stereocenters. The normalized spacial score (nSPS) is 17.2. The number of aliphatic imine (C=N–C) groups is 1. The van der Waals surface area contributed by atoms with E-state index in [2.05, 4.69) is 10.6 Å². The molecule has 0 aromatic heterocycles. The molecule has 3 rings (SSSR count). The van der Waals surface area contributed by atoms with Crippen LogP contribution >= 0.6 is 24.0 Å². The number of likely N-dealkylation sites (tertiary alicyclic amines) is 2. The highest BCUT2D eigenvalue weighted by molar-refractivity contribution is 14.0. The highest BCUT2D eigenvalue weighted by atomic mass is 127. The first-order chi connectivity index (χ1) is 15.6. The Morgan fingerprint density at radius 3 is 2.27 bits per heavy atom. The van der Waals surface area contributed by atoms with E-state index in [1.807, 2.05) is 43.0 Å². The zero-order valence-corrected chi connectivity index (χ0v) is 22.2. The van der Waals surface area contributed by atoms with Crippen LogP contribution < -0.4 is 10.6 Å². The van der Waals surface area contributed by atoms with Gasteiger partial charge in [0.2, 0.25) is 0 Å². The van der Waals surface area contributed by atoms with Crippen LogP contribution in [0.25, 0.3) is 0 Å². The first-order valence-electron chi connectivity index (χ1n) is 12.0. The monoisotopic (exact) mass is 571 g/mol. The van der Waals surface area contributed by atoms with Gasteiger partial charge in [-0.3, -0.25) is 4.79 Å². The molecule has 0 spiro atoms. The predicted molar refractivity (Wildman–Crippen MR) is 141 cm³/mol. The first kappa shape index (κ1) is 27.2. The lowest BCUT2D eigenvalue weighted by atomic mass is 10.1. The highest BCUT2D eigenvalue weighted by Crippen LogP contribution is 2.15. The molecule has 0 radical (unpaired) electrons. The molecular weight excluding hydrogens is 533 g/mol.